The van der Waals surface area contributed by atoms with Gasteiger partial charge in [-0.05, 0) is 43.5 Å². The van der Waals surface area contributed by atoms with Gasteiger partial charge in [0, 0.05) is 11.8 Å². The zero-order chi connectivity index (χ0) is 16.8. The number of amides is 1. The van der Waals surface area contributed by atoms with Gasteiger partial charge in [-0.3, -0.25) is 4.79 Å². The summed E-state index contributed by atoms with van der Waals surface area (Å²) in [5, 5.41) is 2.98. The van der Waals surface area contributed by atoms with Crippen LogP contribution < -0.4 is 14.8 Å². The third kappa shape index (κ3) is 4.25. The Labute approximate surface area is 137 Å². The molecule has 0 aliphatic carbocycles. The third-order valence-corrected chi connectivity index (χ3v) is 3.71. The Morgan fingerprint density at radius 2 is 1.87 bits per heavy atom. The van der Waals surface area contributed by atoms with Crippen molar-refractivity contribution in [3.63, 3.8) is 0 Å². The van der Waals surface area contributed by atoms with Gasteiger partial charge in [0.1, 0.15) is 11.5 Å². The number of carbonyl (C=O) groups is 1. The number of methoxy groups -OCH3 is 1. The molecule has 2 aromatic rings. The zero-order valence-electron chi connectivity index (χ0n) is 14.1. The highest BCUT2D eigenvalue weighted by molar-refractivity contribution is 5.95. The minimum absolute atomic E-state index is 0.170. The predicted octanol–water partition coefficient (Wildman–Crippen LogP) is 3.97. The molecule has 4 heteroatoms. The second-order valence-electron chi connectivity index (χ2n) is 5.39. The van der Waals surface area contributed by atoms with E-state index in [2.05, 4.69) is 12.2 Å². The molecule has 0 fully saturated rings. The lowest BCUT2D eigenvalue weighted by molar-refractivity contribution is -0.122. The zero-order valence-corrected chi connectivity index (χ0v) is 14.1. The van der Waals surface area contributed by atoms with E-state index in [9.17, 15) is 4.79 Å². The monoisotopic (exact) mass is 313 g/mol. The molecule has 122 valence electrons. The summed E-state index contributed by atoms with van der Waals surface area (Å²) in [6.45, 7) is 5.79. The molecular formula is C19H23NO3. The number of aryl methyl sites for hydroxylation is 2. The van der Waals surface area contributed by atoms with E-state index in [1.165, 1.54) is 0 Å². The normalized spacial score (nSPS) is 11.7. The number of hydrogen-bond donors (Lipinski definition) is 1. The molecule has 0 saturated carbocycles. The lowest BCUT2D eigenvalue weighted by atomic mass is 10.1. The summed E-state index contributed by atoms with van der Waals surface area (Å²) in [7, 11) is 1.60. The maximum Gasteiger partial charge on any atom is 0.265 e. The molecule has 0 radical (unpaired) electrons. The van der Waals surface area contributed by atoms with Crippen molar-refractivity contribution in [3.8, 4) is 11.5 Å². The summed E-state index contributed by atoms with van der Waals surface area (Å²) in [5.41, 5.74) is 3.04. The van der Waals surface area contributed by atoms with E-state index in [4.69, 9.17) is 9.47 Å². The first kappa shape index (κ1) is 16.9. The fraction of sp³-hybridized carbons (Fsp3) is 0.316. The Balaban J connectivity index is 2.08. The number of ether oxygens (including phenoxy) is 2. The standard InChI is InChI=1S/C19H23NO3/c1-5-15-9-6-8-13(2)18(15)20-19(21)14(3)23-17-11-7-10-16(12-17)22-4/h6-12,14H,5H2,1-4H3,(H,20,21)/t14-/m1/s1. The lowest BCUT2D eigenvalue weighted by Crippen LogP contribution is -2.30. The van der Waals surface area contributed by atoms with Crippen molar-refractivity contribution < 1.29 is 14.3 Å². The molecule has 0 aliphatic rings. The predicted molar refractivity (Wildman–Crippen MR) is 92.3 cm³/mol. The molecule has 1 N–H and O–H groups in total. The van der Waals surface area contributed by atoms with E-state index in [1.807, 2.05) is 37.3 Å². The van der Waals surface area contributed by atoms with Crippen molar-refractivity contribution in [2.24, 2.45) is 0 Å². The van der Waals surface area contributed by atoms with E-state index in [1.54, 1.807) is 26.2 Å². The Bertz CT molecular complexity index is 682. The first-order valence-electron chi connectivity index (χ1n) is 7.75. The summed E-state index contributed by atoms with van der Waals surface area (Å²) in [4.78, 5) is 12.4. The molecule has 0 heterocycles. The van der Waals surface area contributed by atoms with Crippen LogP contribution in [0.25, 0.3) is 0 Å². The van der Waals surface area contributed by atoms with Crippen LogP contribution in [0.2, 0.25) is 0 Å². The van der Waals surface area contributed by atoms with E-state index >= 15 is 0 Å². The SMILES string of the molecule is CCc1cccc(C)c1NC(=O)[C@@H](C)Oc1cccc(OC)c1. The average molecular weight is 313 g/mol. The quantitative estimate of drug-likeness (QED) is 0.877. The summed E-state index contributed by atoms with van der Waals surface area (Å²) in [6.07, 6.45) is 0.258. The Morgan fingerprint density at radius 1 is 1.17 bits per heavy atom. The smallest absolute Gasteiger partial charge is 0.265 e. The van der Waals surface area contributed by atoms with Crippen molar-refractivity contribution in [1.82, 2.24) is 0 Å². The van der Waals surface area contributed by atoms with Crippen LogP contribution in [0.5, 0.6) is 11.5 Å². The number of benzene rings is 2. The molecule has 0 bridgehead atoms. The average Bonchev–Trinajstić information content (AvgIpc) is 2.56. The van der Waals surface area contributed by atoms with Gasteiger partial charge >= 0.3 is 0 Å². The molecule has 0 aliphatic heterocycles. The van der Waals surface area contributed by atoms with Crippen molar-refractivity contribution in [3.05, 3.63) is 53.6 Å². The number of nitrogens with one attached hydrogen (secondary N) is 1. The highest BCUT2D eigenvalue weighted by Gasteiger charge is 2.17. The highest BCUT2D eigenvalue weighted by Crippen LogP contribution is 2.23. The number of anilines is 1. The summed E-state index contributed by atoms with van der Waals surface area (Å²) in [5.74, 6) is 1.13. The van der Waals surface area contributed by atoms with Crippen molar-refractivity contribution >= 4 is 11.6 Å². The number of rotatable bonds is 6. The number of carbonyl (C=O) groups excluding carboxylic acids is 1. The minimum atomic E-state index is -0.605. The second-order valence-corrected chi connectivity index (χ2v) is 5.39. The van der Waals surface area contributed by atoms with Gasteiger partial charge in [-0.1, -0.05) is 31.2 Å². The molecular weight excluding hydrogens is 290 g/mol. The molecule has 2 rings (SSSR count). The van der Waals surface area contributed by atoms with Crippen LogP contribution in [-0.4, -0.2) is 19.1 Å². The van der Waals surface area contributed by atoms with Gasteiger partial charge < -0.3 is 14.8 Å². The molecule has 0 aromatic heterocycles. The van der Waals surface area contributed by atoms with Crippen LogP contribution in [0.3, 0.4) is 0 Å². The van der Waals surface area contributed by atoms with Crippen molar-refractivity contribution in [1.29, 1.82) is 0 Å². The Kier molecular flexibility index (Phi) is 5.63. The minimum Gasteiger partial charge on any atom is -0.497 e. The molecule has 1 atom stereocenters. The third-order valence-electron chi connectivity index (χ3n) is 3.71. The number of hydrogen-bond acceptors (Lipinski definition) is 3. The van der Waals surface area contributed by atoms with Gasteiger partial charge in [0.15, 0.2) is 6.10 Å². The van der Waals surface area contributed by atoms with Gasteiger partial charge in [0.2, 0.25) is 0 Å². The summed E-state index contributed by atoms with van der Waals surface area (Å²) >= 11 is 0. The first-order valence-corrected chi connectivity index (χ1v) is 7.75. The first-order chi connectivity index (χ1) is 11.0. The summed E-state index contributed by atoms with van der Waals surface area (Å²) < 4.78 is 10.9. The largest absolute Gasteiger partial charge is 0.497 e. The second kappa shape index (κ2) is 7.68. The van der Waals surface area contributed by atoms with Crippen LogP contribution in [0.4, 0.5) is 5.69 Å². The number of para-hydroxylation sites is 1. The van der Waals surface area contributed by atoms with Crippen LogP contribution in [-0.2, 0) is 11.2 Å². The maximum absolute atomic E-state index is 12.4. The van der Waals surface area contributed by atoms with Crippen molar-refractivity contribution in [2.45, 2.75) is 33.3 Å². The van der Waals surface area contributed by atoms with E-state index in [-0.39, 0.29) is 5.91 Å². The molecule has 0 unspecified atom stereocenters. The fourth-order valence-electron chi connectivity index (χ4n) is 2.36. The van der Waals surface area contributed by atoms with Crippen LogP contribution in [0.15, 0.2) is 42.5 Å². The van der Waals surface area contributed by atoms with E-state index in [0.717, 1.165) is 23.2 Å². The topological polar surface area (TPSA) is 47.6 Å². The van der Waals surface area contributed by atoms with E-state index in [0.29, 0.717) is 11.5 Å². The lowest BCUT2D eigenvalue weighted by Gasteiger charge is -2.18. The van der Waals surface area contributed by atoms with Gasteiger partial charge in [-0.15, -0.1) is 0 Å². The molecule has 1 amide bonds. The van der Waals surface area contributed by atoms with Gasteiger partial charge in [0.05, 0.1) is 7.11 Å². The summed E-state index contributed by atoms with van der Waals surface area (Å²) in [6, 6.07) is 13.2. The van der Waals surface area contributed by atoms with Crippen molar-refractivity contribution in [2.75, 3.05) is 12.4 Å². The molecule has 23 heavy (non-hydrogen) atoms. The molecule has 4 nitrogen and oxygen atoms in total. The molecule has 0 spiro atoms. The highest BCUT2D eigenvalue weighted by atomic mass is 16.5. The van der Waals surface area contributed by atoms with E-state index < -0.39 is 6.10 Å². The van der Waals surface area contributed by atoms with Gasteiger partial charge in [-0.25, -0.2) is 0 Å². The maximum atomic E-state index is 12.4. The Morgan fingerprint density at radius 3 is 2.57 bits per heavy atom. The molecule has 0 saturated heterocycles. The van der Waals surface area contributed by atoms with Crippen LogP contribution in [0, 0.1) is 6.92 Å². The van der Waals surface area contributed by atoms with Gasteiger partial charge in [0.25, 0.3) is 5.91 Å². The Hall–Kier alpha value is -2.49. The molecule has 2 aromatic carbocycles. The van der Waals surface area contributed by atoms with Crippen LogP contribution in [0.1, 0.15) is 25.0 Å². The fourth-order valence-corrected chi connectivity index (χ4v) is 2.36. The van der Waals surface area contributed by atoms with Gasteiger partial charge in [-0.2, -0.15) is 0 Å². The van der Waals surface area contributed by atoms with Crippen LogP contribution >= 0.6 is 0 Å².